The first-order valence-corrected chi connectivity index (χ1v) is 8.24. The zero-order valence-electron chi connectivity index (χ0n) is 11.9. The molecule has 3 unspecified atom stereocenters. The number of rotatable bonds is 5. The molecule has 1 aliphatic carbocycles. The number of nitrogens with one attached hydrogen (secondary N) is 1. The smallest absolute Gasteiger partial charge is 0.0898 e. The molecule has 1 aromatic rings. The largest absolute Gasteiger partial charge is 0.308 e. The Balaban J connectivity index is 2.08. The predicted octanol–water partition coefficient (Wildman–Crippen LogP) is 4.32. The van der Waals surface area contributed by atoms with Crippen LogP contribution in [0.4, 0.5) is 0 Å². The first kappa shape index (κ1) is 14.0. The molecule has 0 aromatic carbocycles. The van der Waals surface area contributed by atoms with Gasteiger partial charge >= 0.3 is 0 Å². The van der Waals surface area contributed by atoms with Crippen LogP contribution < -0.4 is 5.32 Å². The third-order valence-corrected chi connectivity index (χ3v) is 4.81. The summed E-state index contributed by atoms with van der Waals surface area (Å²) in [6.07, 6.45) is 6.72. The molecule has 2 rings (SSSR count). The first-order chi connectivity index (χ1) is 8.70. The van der Waals surface area contributed by atoms with Crippen LogP contribution in [-0.2, 0) is 0 Å². The monoisotopic (exact) mass is 266 g/mol. The number of aromatic nitrogens is 1. The van der Waals surface area contributed by atoms with Gasteiger partial charge in [-0.25, -0.2) is 4.98 Å². The summed E-state index contributed by atoms with van der Waals surface area (Å²) in [5, 5.41) is 7.18. The van der Waals surface area contributed by atoms with Gasteiger partial charge in [-0.3, -0.25) is 0 Å². The van der Waals surface area contributed by atoms with Crippen LogP contribution >= 0.6 is 11.3 Å². The van der Waals surface area contributed by atoms with Gasteiger partial charge < -0.3 is 5.32 Å². The lowest BCUT2D eigenvalue weighted by Gasteiger charge is -2.33. The molecule has 0 aliphatic heterocycles. The molecule has 0 saturated heterocycles. The number of nitrogens with zero attached hydrogens (tertiary/aromatic N) is 1. The van der Waals surface area contributed by atoms with E-state index in [4.69, 9.17) is 4.98 Å². The van der Waals surface area contributed by atoms with Crippen molar-refractivity contribution >= 4 is 11.3 Å². The molecule has 1 heterocycles. The number of hydrogen-bond donors (Lipinski definition) is 1. The van der Waals surface area contributed by atoms with E-state index < -0.39 is 0 Å². The second kappa shape index (κ2) is 6.67. The summed E-state index contributed by atoms with van der Waals surface area (Å²) in [6, 6.07) is 0.484. The predicted molar refractivity (Wildman–Crippen MR) is 79.0 cm³/mol. The molecule has 1 aliphatic rings. The van der Waals surface area contributed by atoms with Crippen molar-refractivity contribution in [1.29, 1.82) is 0 Å². The van der Waals surface area contributed by atoms with Crippen molar-refractivity contribution in [1.82, 2.24) is 10.3 Å². The van der Waals surface area contributed by atoms with E-state index in [1.54, 1.807) is 11.3 Å². The molecule has 0 amide bonds. The van der Waals surface area contributed by atoms with Crippen molar-refractivity contribution < 1.29 is 0 Å². The Morgan fingerprint density at radius 2 is 2.33 bits per heavy atom. The van der Waals surface area contributed by atoms with Gasteiger partial charge in [0.2, 0.25) is 0 Å². The summed E-state index contributed by atoms with van der Waals surface area (Å²) in [5.41, 5.74) is 1.28. The second-order valence-electron chi connectivity index (χ2n) is 5.76. The molecule has 102 valence electrons. The Labute approximate surface area is 115 Å². The van der Waals surface area contributed by atoms with Gasteiger partial charge in [0.15, 0.2) is 0 Å². The molecule has 0 bridgehead atoms. The molecule has 1 saturated carbocycles. The maximum absolute atomic E-state index is 4.72. The normalized spacial score (nSPS) is 26.2. The fourth-order valence-corrected chi connectivity index (χ4v) is 3.77. The molecule has 18 heavy (non-hydrogen) atoms. The van der Waals surface area contributed by atoms with Crippen molar-refractivity contribution in [2.45, 2.75) is 58.9 Å². The Morgan fingerprint density at radius 3 is 2.94 bits per heavy atom. The Bertz CT molecular complexity index is 361. The number of thiazole rings is 1. The van der Waals surface area contributed by atoms with Crippen molar-refractivity contribution in [3.8, 4) is 0 Å². The second-order valence-corrected chi connectivity index (χ2v) is 6.82. The Kier molecular flexibility index (Phi) is 5.19. The topological polar surface area (TPSA) is 24.9 Å². The van der Waals surface area contributed by atoms with E-state index in [2.05, 4.69) is 31.5 Å². The van der Waals surface area contributed by atoms with Gasteiger partial charge in [-0.1, -0.05) is 26.7 Å². The van der Waals surface area contributed by atoms with Gasteiger partial charge in [0.1, 0.15) is 0 Å². The fourth-order valence-electron chi connectivity index (χ4n) is 3.12. The summed E-state index contributed by atoms with van der Waals surface area (Å²) in [5.74, 6) is 1.66. The average molecular weight is 266 g/mol. The van der Waals surface area contributed by atoms with Crippen molar-refractivity contribution in [3.63, 3.8) is 0 Å². The average Bonchev–Trinajstić information content (AvgIpc) is 2.76. The molecular formula is C15H26N2S. The Hall–Kier alpha value is -0.410. The van der Waals surface area contributed by atoms with E-state index in [-0.39, 0.29) is 0 Å². The van der Waals surface area contributed by atoms with Crippen LogP contribution in [0.1, 0.15) is 62.7 Å². The lowest BCUT2D eigenvalue weighted by Crippen LogP contribution is -2.32. The number of hydrogen-bond acceptors (Lipinski definition) is 3. The summed E-state index contributed by atoms with van der Waals surface area (Å²) >= 11 is 1.78. The van der Waals surface area contributed by atoms with Crippen molar-refractivity contribution in [3.05, 3.63) is 16.1 Å². The molecule has 2 nitrogen and oxygen atoms in total. The highest BCUT2D eigenvalue weighted by atomic mass is 32.1. The zero-order valence-corrected chi connectivity index (χ0v) is 12.7. The third kappa shape index (κ3) is 3.55. The maximum atomic E-state index is 4.72. The minimum absolute atomic E-state index is 0.484. The lowest BCUT2D eigenvalue weighted by molar-refractivity contribution is 0.221. The van der Waals surface area contributed by atoms with Crippen LogP contribution in [0.2, 0.25) is 0 Å². The lowest BCUT2D eigenvalue weighted by atomic mass is 9.78. The Morgan fingerprint density at radius 1 is 1.50 bits per heavy atom. The molecular weight excluding hydrogens is 240 g/mol. The summed E-state index contributed by atoms with van der Waals surface area (Å²) in [7, 11) is 0. The van der Waals surface area contributed by atoms with Gasteiger partial charge in [-0.05, 0) is 44.6 Å². The third-order valence-electron chi connectivity index (χ3n) is 4.02. The van der Waals surface area contributed by atoms with Crippen molar-refractivity contribution in [2.75, 3.05) is 6.54 Å². The van der Waals surface area contributed by atoms with E-state index >= 15 is 0 Å². The number of aryl methyl sites for hydroxylation is 1. The molecule has 0 radical (unpaired) electrons. The summed E-state index contributed by atoms with van der Waals surface area (Å²) in [4.78, 5) is 4.72. The van der Waals surface area contributed by atoms with Crippen LogP contribution in [0.15, 0.2) is 5.38 Å². The van der Waals surface area contributed by atoms with Crippen LogP contribution in [0.5, 0.6) is 0 Å². The molecule has 1 N–H and O–H groups in total. The van der Waals surface area contributed by atoms with Crippen LogP contribution in [-0.4, -0.2) is 11.5 Å². The highest BCUT2D eigenvalue weighted by molar-refractivity contribution is 7.09. The van der Waals surface area contributed by atoms with E-state index in [1.807, 2.05) is 0 Å². The van der Waals surface area contributed by atoms with Gasteiger partial charge in [-0.15, -0.1) is 11.3 Å². The SMILES string of the molecule is CCCNC(c1csc(C)n1)C1CCCC(C)C1. The minimum Gasteiger partial charge on any atom is -0.308 e. The highest BCUT2D eigenvalue weighted by Crippen LogP contribution is 2.37. The quantitative estimate of drug-likeness (QED) is 0.858. The van der Waals surface area contributed by atoms with Crippen LogP contribution in [0.25, 0.3) is 0 Å². The van der Waals surface area contributed by atoms with E-state index in [9.17, 15) is 0 Å². The molecule has 3 atom stereocenters. The van der Waals surface area contributed by atoms with Crippen molar-refractivity contribution in [2.24, 2.45) is 11.8 Å². The molecule has 3 heteroatoms. The van der Waals surface area contributed by atoms with Gasteiger partial charge in [0.05, 0.1) is 16.7 Å². The summed E-state index contributed by atoms with van der Waals surface area (Å²) in [6.45, 7) is 7.84. The molecule has 1 fully saturated rings. The van der Waals surface area contributed by atoms with Gasteiger partial charge in [-0.2, -0.15) is 0 Å². The van der Waals surface area contributed by atoms with E-state index in [0.29, 0.717) is 6.04 Å². The van der Waals surface area contributed by atoms with Gasteiger partial charge in [0, 0.05) is 5.38 Å². The van der Waals surface area contributed by atoms with E-state index in [1.165, 1.54) is 42.8 Å². The minimum atomic E-state index is 0.484. The standard InChI is InChI=1S/C15H26N2S/c1-4-8-16-15(14-10-18-12(3)17-14)13-7-5-6-11(2)9-13/h10-11,13,15-16H,4-9H2,1-3H3. The first-order valence-electron chi connectivity index (χ1n) is 7.36. The van der Waals surface area contributed by atoms with Crippen LogP contribution in [0.3, 0.4) is 0 Å². The zero-order chi connectivity index (χ0) is 13.0. The summed E-state index contributed by atoms with van der Waals surface area (Å²) < 4.78 is 0. The maximum Gasteiger partial charge on any atom is 0.0898 e. The fraction of sp³-hybridized carbons (Fsp3) is 0.800. The molecule has 1 aromatic heterocycles. The van der Waals surface area contributed by atoms with E-state index in [0.717, 1.165) is 18.4 Å². The van der Waals surface area contributed by atoms with Crippen LogP contribution in [0, 0.1) is 18.8 Å². The molecule has 0 spiro atoms. The highest BCUT2D eigenvalue weighted by Gasteiger charge is 2.28. The van der Waals surface area contributed by atoms with Gasteiger partial charge in [0.25, 0.3) is 0 Å².